The van der Waals surface area contributed by atoms with Crippen LogP contribution in [0.2, 0.25) is 0 Å². The molecule has 1 aliphatic heterocycles. The van der Waals surface area contributed by atoms with Crippen molar-refractivity contribution in [3.63, 3.8) is 0 Å². The van der Waals surface area contributed by atoms with Crippen LogP contribution in [0.25, 0.3) is 10.6 Å². The van der Waals surface area contributed by atoms with Crippen LogP contribution < -0.4 is 25.1 Å². The number of aryl methyl sites for hydroxylation is 2. The Morgan fingerprint density at radius 2 is 2.06 bits per heavy atom. The Bertz CT molecular complexity index is 1170. The molecule has 1 aromatic carbocycles. The third-order valence-electron chi connectivity index (χ3n) is 4.65. The Morgan fingerprint density at radius 3 is 2.84 bits per heavy atom. The lowest BCUT2D eigenvalue weighted by Crippen LogP contribution is -2.39. The number of nitrogens with one attached hydrogen (secondary N) is 1. The van der Waals surface area contributed by atoms with Crippen molar-refractivity contribution in [3.8, 4) is 27.8 Å². The molecule has 1 aliphatic rings. The van der Waals surface area contributed by atoms with E-state index in [-0.39, 0.29) is 31.3 Å². The second-order valence-electron chi connectivity index (χ2n) is 6.99. The first-order valence-electron chi connectivity index (χ1n) is 9.77. The summed E-state index contributed by atoms with van der Waals surface area (Å²) in [6.45, 7) is 6.15. The number of nitrogens with zero attached hydrogens (tertiary/aromatic N) is 3. The molecule has 0 radical (unpaired) electrons. The zero-order valence-corrected chi connectivity index (χ0v) is 18.2. The van der Waals surface area contributed by atoms with Crippen molar-refractivity contribution in [3.05, 3.63) is 51.4 Å². The van der Waals surface area contributed by atoms with Gasteiger partial charge in [0, 0.05) is 18.7 Å². The molecule has 2 aromatic heterocycles. The Kier molecular flexibility index (Phi) is 5.90. The molecule has 0 fully saturated rings. The lowest BCUT2D eigenvalue weighted by atomic mass is 10.3. The number of aromatic nitrogens is 3. The highest BCUT2D eigenvalue weighted by Crippen LogP contribution is 2.35. The van der Waals surface area contributed by atoms with E-state index in [1.54, 1.807) is 31.2 Å². The number of benzene rings is 1. The van der Waals surface area contributed by atoms with E-state index in [0.29, 0.717) is 22.9 Å². The maximum atomic E-state index is 12.4. The van der Waals surface area contributed by atoms with Crippen molar-refractivity contribution in [1.29, 1.82) is 0 Å². The van der Waals surface area contributed by atoms with Gasteiger partial charge in [-0.3, -0.25) is 9.59 Å². The van der Waals surface area contributed by atoms with Crippen LogP contribution in [0, 0.1) is 13.8 Å². The molecule has 0 bridgehead atoms. The molecule has 0 saturated carbocycles. The number of hydrogen-bond acceptors (Lipinski definition) is 8. The number of carbonyl (C=O) groups is 1. The zero-order valence-electron chi connectivity index (χ0n) is 17.4. The second-order valence-corrected chi connectivity index (χ2v) is 8.20. The monoisotopic (exact) mass is 442 g/mol. The van der Waals surface area contributed by atoms with Crippen molar-refractivity contribution in [2.75, 3.05) is 13.3 Å². The van der Waals surface area contributed by atoms with Crippen LogP contribution in [-0.2, 0) is 11.3 Å². The maximum absolute atomic E-state index is 12.4. The molecule has 9 nitrogen and oxygen atoms in total. The standard InChI is InChI=1S/C21H22N4O5S/c1-12-20(31-14(3)23-12)16-5-7-19(26)25(24-16)9-8-22-21(27)13(2)30-15-4-6-17-18(10-15)29-11-28-17/h4-7,10,13H,8-9,11H2,1-3H3,(H,22,27). The first-order chi connectivity index (χ1) is 14.9. The highest BCUT2D eigenvalue weighted by atomic mass is 32.1. The summed E-state index contributed by atoms with van der Waals surface area (Å²) in [4.78, 5) is 29.9. The summed E-state index contributed by atoms with van der Waals surface area (Å²) in [6, 6.07) is 8.31. The van der Waals surface area contributed by atoms with Crippen LogP contribution in [0.5, 0.6) is 17.2 Å². The number of rotatable bonds is 7. The quantitative estimate of drug-likeness (QED) is 0.599. The summed E-state index contributed by atoms with van der Waals surface area (Å²) in [5, 5.41) is 8.14. The van der Waals surface area contributed by atoms with Gasteiger partial charge in [-0.25, -0.2) is 9.67 Å². The molecule has 10 heteroatoms. The number of ether oxygens (including phenoxy) is 3. The maximum Gasteiger partial charge on any atom is 0.266 e. The summed E-state index contributed by atoms with van der Waals surface area (Å²) >= 11 is 1.53. The van der Waals surface area contributed by atoms with E-state index >= 15 is 0 Å². The zero-order chi connectivity index (χ0) is 22.0. The van der Waals surface area contributed by atoms with Gasteiger partial charge in [0.15, 0.2) is 17.6 Å². The lowest BCUT2D eigenvalue weighted by Gasteiger charge is -2.15. The van der Waals surface area contributed by atoms with Gasteiger partial charge in [0.1, 0.15) is 11.4 Å². The van der Waals surface area contributed by atoms with E-state index in [1.165, 1.54) is 22.1 Å². The van der Waals surface area contributed by atoms with Crippen molar-refractivity contribution in [2.24, 2.45) is 0 Å². The number of amides is 1. The summed E-state index contributed by atoms with van der Waals surface area (Å²) in [7, 11) is 0. The second kappa shape index (κ2) is 8.76. The summed E-state index contributed by atoms with van der Waals surface area (Å²) in [5.74, 6) is 1.44. The largest absolute Gasteiger partial charge is 0.481 e. The molecule has 0 aliphatic carbocycles. The normalized spacial score (nSPS) is 13.1. The number of hydrogen-bond donors (Lipinski definition) is 1. The minimum atomic E-state index is -0.723. The predicted octanol–water partition coefficient (Wildman–Crippen LogP) is 2.30. The summed E-state index contributed by atoms with van der Waals surface area (Å²) < 4.78 is 17.6. The van der Waals surface area contributed by atoms with Gasteiger partial charge in [-0.05, 0) is 39.0 Å². The first-order valence-corrected chi connectivity index (χ1v) is 10.6. The van der Waals surface area contributed by atoms with Crippen LogP contribution >= 0.6 is 11.3 Å². The molecule has 31 heavy (non-hydrogen) atoms. The molecular weight excluding hydrogens is 420 g/mol. The fourth-order valence-electron chi connectivity index (χ4n) is 3.14. The lowest BCUT2D eigenvalue weighted by molar-refractivity contribution is -0.127. The van der Waals surface area contributed by atoms with E-state index in [4.69, 9.17) is 14.2 Å². The van der Waals surface area contributed by atoms with Crippen molar-refractivity contribution in [1.82, 2.24) is 20.1 Å². The Balaban J connectivity index is 1.34. The molecular formula is C21H22N4O5S. The third kappa shape index (κ3) is 4.69. The number of carbonyl (C=O) groups excluding carboxylic acids is 1. The Morgan fingerprint density at radius 1 is 1.26 bits per heavy atom. The SMILES string of the molecule is Cc1nc(C)c(-c2ccc(=O)n(CCNC(=O)C(C)Oc3ccc4c(c3)OCO4)n2)s1. The van der Waals surface area contributed by atoms with Crippen molar-refractivity contribution in [2.45, 2.75) is 33.4 Å². The molecule has 1 atom stereocenters. The van der Waals surface area contributed by atoms with E-state index < -0.39 is 6.10 Å². The minimum absolute atomic E-state index is 0.172. The molecule has 3 aromatic rings. The number of thiazole rings is 1. The predicted molar refractivity (Wildman–Crippen MR) is 115 cm³/mol. The highest BCUT2D eigenvalue weighted by Gasteiger charge is 2.18. The van der Waals surface area contributed by atoms with Crippen LogP contribution in [0.1, 0.15) is 17.6 Å². The molecule has 1 N–H and O–H groups in total. The van der Waals surface area contributed by atoms with E-state index in [1.807, 2.05) is 13.8 Å². The summed E-state index contributed by atoms with van der Waals surface area (Å²) in [5.41, 5.74) is 1.33. The van der Waals surface area contributed by atoms with Crippen LogP contribution in [0.15, 0.2) is 35.1 Å². The number of fused-ring (bicyclic) bond motifs is 1. The first kappa shape index (κ1) is 20.9. The van der Waals surface area contributed by atoms with Gasteiger partial charge in [-0.1, -0.05) is 0 Å². The van der Waals surface area contributed by atoms with Gasteiger partial charge in [0.05, 0.1) is 22.1 Å². The minimum Gasteiger partial charge on any atom is -0.481 e. The molecule has 4 rings (SSSR count). The average Bonchev–Trinajstić information content (AvgIpc) is 3.34. The summed E-state index contributed by atoms with van der Waals surface area (Å²) in [6.07, 6.45) is -0.723. The van der Waals surface area contributed by atoms with Gasteiger partial charge in [-0.15, -0.1) is 11.3 Å². The van der Waals surface area contributed by atoms with Crippen LogP contribution in [0.3, 0.4) is 0 Å². The third-order valence-corrected chi connectivity index (χ3v) is 5.75. The Labute approximate surface area is 182 Å². The van der Waals surface area contributed by atoms with Crippen molar-refractivity contribution >= 4 is 17.2 Å². The van der Waals surface area contributed by atoms with E-state index in [9.17, 15) is 9.59 Å². The van der Waals surface area contributed by atoms with Gasteiger partial charge in [-0.2, -0.15) is 5.10 Å². The Hall–Kier alpha value is -3.40. The molecule has 162 valence electrons. The average molecular weight is 442 g/mol. The van der Waals surface area contributed by atoms with E-state index in [2.05, 4.69) is 15.4 Å². The fraction of sp³-hybridized carbons (Fsp3) is 0.333. The molecule has 1 unspecified atom stereocenters. The van der Waals surface area contributed by atoms with Gasteiger partial charge in [0.25, 0.3) is 11.5 Å². The van der Waals surface area contributed by atoms with Gasteiger partial charge < -0.3 is 19.5 Å². The van der Waals surface area contributed by atoms with Crippen molar-refractivity contribution < 1.29 is 19.0 Å². The molecule has 1 amide bonds. The van der Waals surface area contributed by atoms with Crippen LogP contribution in [0.4, 0.5) is 0 Å². The van der Waals surface area contributed by atoms with Gasteiger partial charge in [0.2, 0.25) is 6.79 Å². The van der Waals surface area contributed by atoms with Crippen LogP contribution in [-0.4, -0.2) is 40.1 Å². The topological polar surface area (TPSA) is 105 Å². The molecule has 0 spiro atoms. The van der Waals surface area contributed by atoms with E-state index in [0.717, 1.165) is 15.6 Å². The molecule has 3 heterocycles. The smallest absolute Gasteiger partial charge is 0.266 e. The molecule has 0 saturated heterocycles. The van der Waals surface area contributed by atoms with Gasteiger partial charge >= 0.3 is 0 Å². The fourth-order valence-corrected chi connectivity index (χ4v) is 4.02. The highest BCUT2D eigenvalue weighted by molar-refractivity contribution is 7.15.